The fourth-order valence-electron chi connectivity index (χ4n) is 2.61. The summed E-state index contributed by atoms with van der Waals surface area (Å²) >= 11 is 2.06. The van der Waals surface area contributed by atoms with Crippen LogP contribution in [0.25, 0.3) is 0 Å². The van der Waals surface area contributed by atoms with Crippen molar-refractivity contribution in [2.75, 3.05) is 6.54 Å². The van der Waals surface area contributed by atoms with Gasteiger partial charge in [-0.05, 0) is 56.2 Å². The summed E-state index contributed by atoms with van der Waals surface area (Å²) in [5.74, 6) is 0.765. The Morgan fingerprint density at radius 1 is 1.35 bits per heavy atom. The van der Waals surface area contributed by atoms with E-state index >= 15 is 0 Å². The highest BCUT2D eigenvalue weighted by molar-refractivity contribution is 7.12. The molecule has 0 spiro atoms. The minimum Gasteiger partial charge on any atom is -0.309 e. The molecule has 1 nitrogen and oxygen atoms in total. The summed E-state index contributed by atoms with van der Waals surface area (Å²) in [6.45, 7) is 8.03. The zero-order valence-electron chi connectivity index (χ0n) is 11.4. The van der Waals surface area contributed by atoms with Crippen LogP contribution >= 0.6 is 11.3 Å². The van der Waals surface area contributed by atoms with Crippen molar-refractivity contribution < 1.29 is 0 Å². The second kappa shape index (κ2) is 6.01. The first-order chi connectivity index (χ1) is 8.20. The van der Waals surface area contributed by atoms with E-state index in [2.05, 4.69) is 43.5 Å². The minimum atomic E-state index is 0.588. The molecule has 17 heavy (non-hydrogen) atoms. The van der Waals surface area contributed by atoms with Gasteiger partial charge in [-0.2, -0.15) is 0 Å². The lowest BCUT2D eigenvalue weighted by Crippen LogP contribution is -2.22. The van der Waals surface area contributed by atoms with Gasteiger partial charge in [-0.15, -0.1) is 11.3 Å². The predicted molar refractivity (Wildman–Crippen MR) is 76.8 cm³/mol. The van der Waals surface area contributed by atoms with Crippen LogP contribution in [0.2, 0.25) is 0 Å². The van der Waals surface area contributed by atoms with Crippen LogP contribution in [0, 0.1) is 5.92 Å². The van der Waals surface area contributed by atoms with E-state index in [0.717, 1.165) is 12.5 Å². The van der Waals surface area contributed by atoms with Crippen molar-refractivity contribution in [1.29, 1.82) is 0 Å². The molecule has 0 aromatic carbocycles. The van der Waals surface area contributed by atoms with Gasteiger partial charge < -0.3 is 5.32 Å². The van der Waals surface area contributed by atoms with E-state index in [4.69, 9.17) is 0 Å². The third-order valence-electron chi connectivity index (χ3n) is 3.46. The standard InChI is InChI=1S/C15H25NS/c1-4-8-16-13(9-11(2)3)15-10-12-6-5-7-14(12)17-15/h10-11,13,16H,4-9H2,1-3H3. The maximum absolute atomic E-state index is 3.72. The summed E-state index contributed by atoms with van der Waals surface area (Å²) in [7, 11) is 0. The van der Waals surface area contributed by atoms with Crippen molar-refractivity contribution in [3.05, 3.63) is 21.4 Å². The summed E-state index contributed by atoms with van der Waals surface area (Å²) < 4.78 is 0. The van der Waals surface area contributed by atoms with Crippen LogP contribution in [0.5, 0.6) is 0 Å². The molecule has 2 heteroatoms. The topological polar surface area (TPSA) is 12.0 Å². The molecule has 0 aliphatic heterocycles. The molecule has 0 radical (unpaired) electrons. The number of hydrogen-bond acceptors (Lipinski definition) is 2. The SMILES string of the molecule is CCCNC(CC(C)C)c1cc2c(s1)CCC2. The number of thiophene rings is 1. The number of rotatable bonds is 6. The Morgan fingerprint density at radius 2 is 2.18 bits per heavy atom. The highest BCUT2D eigenvalue weighted by Crippen LogP contribution is 2.35. The molecule has 1 atom stereocenters. The van der Waals surface area contributed by atoms with Crippen LogP contribution < -0.4 is 5.32 Å². The Bertz CT molecular complexity index is 332. The van der Waals surface area contributed by atoms with Gasteiger partial charge in [0, 0.05) is 15.8 Å². The summed E-state index contributed by atoms with van der Waals surface area (Å²) in [4.78, 5) is 3.24. The van der Waals surface area contributed by atoms with Crippen molar-refractivity contribution >= 4 is 11.3 Å². The maximum Gasteiger partial charge on any atom is 0.0417 e. The second-order valence-electron chi connectivity index (χ2n) is 5.59. The highest BCUT2D eigenvalue weighted by Gasteiger charge is 2.20. The summed E-state index contributed by atoms with van der Waals surface area (Å²) in [5, 5.41) is 3.72. The van der Waals surface area contributed by atoms with Gasteiger partial charge in [0.15, 0.2) is 0 Å². The average Bonchev–Trinajstić information content (AvgIpc) is 2.83. The Kier molecular flexibility index (Phi) is 4.63. The molecule has 0 amide bonds. The maximum atomic E-state index is 3.72. The van der Waals surface area contributed by atoms with Gasteiger partial charge in [0.25, 0.3) is 0 Å². The molecule has 1 aromatic heterocycles. The molecule has 0 bridgehead atoms. The van der Waals surface area contributed by atoms with E-state index in [1.165, 1.54) is 32.1 Å². The van der Waals surface area contributed by atoms with Crippen molar-refractivity contribution in [3.8, 4) is 0 Å². The first-order valence-corrected chi connectivity index (χ1v) is 7.87. The quantitative estimate of drug-likeness (QED) is 0.794. The highest BCUT2D eigenvalue weighted by atomic mass is 32.1. The van der Waals surface area contributed by atoms with E-state index in [9.17, 15) is 0 Å². The fraction of sp³-hybridized carbons (Fsp3) is 0.733. The molecule has 1 aliphatic rings. The van der Waals surface area contributed by atoms with E-state index in [0.29, 0.717) is 6.04 Å². The number of aryl methyl sites for hydroxylation is 2. The van der Waals surface area contributed by atoms with Crippen molar-refractivity contribution in [3.63, 3.8) is 0 Å². The van der Waals surface area contributed by atoms with Gasteiger partial charge >= 0.3 is 0 Å². The molecule has 0 fully saturated rings. The van der Waals surface area contributed by atoms with Gasteiger partial charge in [0.05, 0.1) is 0 Å². The molecule has 96 valence electrons. The molecule has 1 unspecified atom stereocenters. The molecule has 0 saturated heterocycles. The van der Waals surface area contributed by atoms with Gasteiger partial charge in [0.1, 0.15) is 0 Å². The minimum absolute atomic E-state index is 0.588. The van der Waals surface area contributed by atoms with Crippen molar-refractivity contribution in [2.45, 2.75) is 58.9 Å². The van der Waals surface area contributed by atoms with Gasteiger partial charge in [0.2, 0.25) is 0 Å². The normalized spacial score (nSPS) is 16.5. The van der Waals surface area contributed by atoms with E-state index in [1.807, 2.05) is 0 Å². The largest absolute Gasteiger partial charge is 0.309 e. The molecule has 2 rings (SSSR count). The summed E-state index contributed by atoms with van der Waals surface area (Å²) in [6.07, 6.45) is 6.49. The molecule has 1 aliphatic carbocycles. The van der Waals surface area contributed by atoms with Crippen molar-refractivity contribution in [1.82, 2.24) is 5.32 Å². The first kappa shape index (κ1) is 13.1. The predicted octanol–water partition coefficient (Wildman–Crippen LogP) is 4.32. The Balaban J connectivity index is 2.07. The van der Waals surface area contributed by atoms with Crippen molar-refractivity contribution in [2.24, 2.45) is 5.92 Å². The van der Waals surface area contributed by atoms with Crippen LogP contribution in [0.1, 0.15) is 61.4 Å². The van der Waals surface area contributed by atoms with Gasteiger partial charge in [-0.25, -0.2) is 0 Å². The van der Waals surface area contributed by atoms with Crippen LogP contribution in [0.4, 0.5) is 0 Å². The number of hydrogen-bond donors (Lipinski definition) is 1. The Labute approximate surface area is 110 Å². The second-order valence-corrected chi connectivity index (χ2v) is 6.76. The fourth-order valence-corrected chi connectivity index (χ4v) is 3.96. The van der Waals surface area contributed by atoms with Crippen LogP contribution in [-0.2, 0) is 12.8 Å². The van der Waals surface area contributed by atoms with Crippen LogP contribution in [0.3, 0.4) is 0 Å². The van der Waals surface area contributed by atoms with Gasteiger partial charge in [-0.1, -0.05) is 20.8 Å². The molecular weight excluding hydrogens is 226 g/mol. The lowest BCUT2D eigenvalue weighted by Gasteiger charge is -2.19. The third-order valence-corrected chi connectivity index (χ3v) is 4.81. The summed E-state index contributed by atoms with van der Waals surface area (Å²) in [6, 6.07) is 3.06. The van der Waals surface area contributed by atoms with E-state index in [-0.39, 0.29) is 0 Å². The van der Waals surface area contributed by atoms with Crippen LogP contribution in [0.15, 0.2) is 6.07 Å². The number of fused-ring (bicyclic) bond motifs is 1. The van der Waals surface area contributed by atoms with Gasteiger partial charge in [-0.3, -0.25) is 0 Å². The smallest absolute Gasteiger partial charge is 0.0417 e. The molecule has 1 N–H and O–H groups in total. The lowest BCUT2D eigenvalue weighted by atomic mass is 10.0. The lowest BCUT2D eigenvalue weighted by molar-refractivity contribution is 0.435. The summed E-state index contributed by atoms with van der Waals surface area (Å²) in [5.41, 5.74) is 1.64. The third kappa shape index (κ3) is 3.32. The molecule has 1 aromatic rings. The monoisotopic (exact) mass is 251 g/mol. The number of nitrogens with one attached hydrogen (secondary N) is 1. The Morgan fingerprint density at radius 3 is 2.82 bits per heavy atom. The molecular formula is C15H25NS. The molecule has 0 saturated carbocycles. The average molecular weight is 251 g/mol. The zero-order chi connectivity index (χ0) is 12.3. The van der Waals surface area contributed by atoms with E-state index in [1.54, 1.807) is 15.3 Å². The van der Waals surface area contributed by atoms with E-state index < -0.39 is 0 Å². The molecule has 1 heterocycles. The van der Waals surface area contributed by atoms with Crippen LogP contribution in [-0.4, -0.2) is 6.54 Å². The first-order valence-electron chi connectivity index (χ1n) is 7.05. The zero-order valence-corrected chi connectivity index (χ0v) is 12.2. The Hall–Kier alpha value is -0.340.